The van der Waals surface area contributed by atoms with Gasteiger partial charge in [-0.3, -0.25) is 4.98 Å². The molecule has 0 amide bonds. The highest BCUT2D eigenvalue weighted by atomic mass is 19.1. The maximum Gasteiger partial charge on any atom is 0.123 e. The molecule has 0 fully saturated rings. The third-order valence-electron chi connectivity index (χ3n) is 3.28. The molecule has 0 saturated carbocycles. The Hall–Kier alpha value is -2.22. The second-order valence-corrected chi connectivity index (χ2v) is 4.72. The number of halogens is 1. The average Bonchev–Trinajstić information content (AvgIpc) is 2.42. The van der Waals surface area contributed by atoms with Crippen molar-refractivity contribution in [2.45, 2.75) is 13.3 Å². The van der Waals surface area contributed by atoms with E-state index in [0.717, 1.165) is 23.4 Å². The van der Waals surface area contributed by atoms with Gasteiger partial charge in [0.2, 0.25) is 0 Å². The zero-order valence-corrected chi connectivity index (χ0v) is 10.7. The summed E-state index contributed by atoms with van der Waals surface area (Å²) in [4.78, 5) is 4.63. The largest absolute Gasteiger partial charge is 0.257 e. The summed E-state index contributed by atoms with van der Waals surface area (Å²) in [6.45, 7) is 2.02. The van der Waals surface area contributed by atoms with Gasteiger partial charge in [-0.25, -0.2) is 4.39 Å². The molecule has 0 aliphatic heterocycles. The summed E-state index contributed by atoms with van der Waals surface area (Å²) in [5.41, 5.74) is 3.13. The maximum atomic E-state index is 12.9. The predicted octanol–water partition coefficient (Wildman–Crippen LogP) is 4.27. The number of pyridine rings is 1. The Balaban J connectivity index is 1.99. The molecule has 3 aromatic rings. The number of nitrogens with zero attached hydrogens (tertiary/aromatic N) is 1. The number of aryl methyl sites for hydroxylation is 1. The third kappa shape index (κ3) is 2.48. The number of fused-ring (bicyclic) bond motifs is 1. The van der Waals surface area contributed by atoms with E-state index in [2.05, 4.69) is 23.2 Å². The molecule has 0 aliphatic carbocycles. The molecule has 2 heteroatoms. The van der Waals surface area contributed by atoms with E-state index < -0.39 is 0 Å². The summed E-state index contributed by atoms with van der Waals surface area (Å²) in [5.74, 6) is -0.202. The first-order chi connectivity index (χ1) is 9.22. The first kappa shape index (κ1) is 11.8. The molecule has 94 valence electrons. The summed E-state index contributed by atoms with van der Waals surface area (Å²) in [6.07, 6.45) is 0.728. The van der Waals surface area contributed by atoms with Crippen LogP contribution in [0.15, 0.2) is 54.6 Å². The van der Waals surface area contributed by atoms with Crippen LogP contribution in [0.5, 0.6) is 0 Å². The van der Waals surface area contributed by atoms with Gasteiger partial charge in [0, 0.05) is 23.2 Å². The first-order valence-corrected chi connectivity index (χ1v) is 6.32. The first-order valence-electron chi connectivity index (χ1n) is 6.32. The molecule has 3 rings (SSSR count). The molecule has 0 saturated heterocycles. The lowest BCUT2D eigenvalue weighted by molar-refractivity contribution is 0.627. The molecule has 0 aliphatic rings. The zero-order chi connectivity index (χ0) is 13.2. The monoisotopic (exact) mass is 251 g/mol. The lowest BCUT2D eigenvalue weighted by atomic mass is 10.0. The van der Waals surface area contributed by atoms with Crippen LogP contribution in [0.25, 0.3) is 10.8 Å². The molecule has 2 aromatic carbocycles. The Morgan fingerprint density at radius 2 is 1.74 bits per heavy atom. The van der Waals surface area contributed by atoms with Crippen LogP contribution in [0, 0.1) is 12.7 Å². The van der Waals surface area contributed by atoms with Gasteiger partial charge in [0.15, 0.2) is 0 Å². The summed E-state index contributed by atoms with van der Waals surface area (Å²) in [7, 11) is 0. The van der Waals surface area contributed by atoms with Crippen molar-refractivity contribution in [3.63, 3.8) is 0 Å². The second-order valence-electron chi connectivity index (χ2n) is 4.72. The van der Waals surface area contributed by atoms with Gasteiger partial charge in [0.25, 0.3) is 0 Å². The Morgan fingerprint density at radius 3 is 2.53 bits per heavy atom. The van der Waals surface area contributed by atoms with Gasteiger partial charge in [-0.2, -0.15) is 0 Å². The van der Waals surface area contributed by atoms with Crippen LogP contribution in [0.1, 0.15) is 17.0 Å². The summed E-state index contributed by atoms with van der Waals surface area (Å²) in [6, 6.07) is 16.9. The van der Waals surface area contributed by atoms with Crippen LogP contribution in [0.3, 0.4) is 0 Å². The van der Waals surface area contributed by atoms with E-state index in [4.69, 9.17) is 0 Å². The van der Waals surface area contributed by atoms with Crippen molar-refractivity contribution in [1.82, 2.24) is 4.98 Å². The SMILES string of the molecule is Cc1nc(Cc2ccc(F)cc2)cc2ccccc12. The third-order valence-corrected chi connectivity index (χ3v) is 3.28. The summed E-state index contributed by atoms with van der Waals surface area (Å²) < 4.78 is 12.9. The topological polar surface area (TPSA) is 12.9 Å². The lowest BCUT2D eigenvalue weighted by Gasteiger charge is -2.06. The molecule has 1 nitrogen and oxygen atoms in total. The van der Waals surface area contributed by atoms with Crippen molar-refractivity contribution in [3.05, 3.63) is 77.4 Å². The van der Waals surface area contributed by atoms with Crippen LogP contribution < -0.4 is 0 Å². The molecule has 1 heterocycles. The summed E-state index contributed by atoms with van der Waals surface area (Å²) >= 11 is 0. The number of aromatic nitrogens is 1. The quantitative estimate of drug-likeness (QED) is 0.662. The van der Waals surface area contributed by atoms with E-state index in [1.54, 1.807) is 0 Å². The van der Waals surface area contributed by atoms with E-state index in [9.17, 15) is 4.39 Å². The van der Waals surface area contributed by atoms with Crippen LogP contribution in [0.2, 0.25) is 0 Å². The van der Waals surface area contributed by atoms with Crippen molar-refractivity contribution >= 4 is 10.8 Å². The molecule has 0 radical (unpaired) electrons. The second kappa shape index (κ2) is 4.81. The van der Waals surface area contributed by atoms with Gasteiger partial charge in [0.05, 0.1) is 0 Å². The average molecular weight is 251 g/mol. The van der Waals surface area contributed by atoms with Crippen molar-refractivity contribution in [1.29, 1.82) is 0 Å². The highest BCUT2D eigenvalue weighted by Gasteiger charge is 2.03. The minimum Gasteiger partial charge on any atom is -0.257 e. The van der Waals surface area contributed by atoms with Crippen molar-refractivity contribution in [2.24, 2.45) is 0 Å². The highest BCUT2D eigenvalue weighted by molar-refractivity contribution is 5.84. The molecule has 0 unspecified atom stereocenters. The molecule has 0 N–H and O–H groups in total. The van der Waals surface area contributed by atoms with E-state index in [1.165, 1.54) is 22.9 Å². The van der Waals surface area contributed by atoms with E-state index >= 15 is 0 Å². The smallest absolute Gasteiger partial charge is 0.123 e. The van der Waals surface area contributed by atoms with Gasteiger partial charge in [-0.15, -0.1) is 0 Å². The van der Waals surface area contributed by atoms with Gasteiger partial charge >= 0.3 is 0 Å². The molecule has 0 bridgehead atoms. The van der Waals surface area contributed by atoms with Gasteiger partial charge in [0.1, 0.15) is 5.82 Å². The Morgan fingerprint density at radius 1 is 1.00 bits per heavy atom. The van der Waals surface area contributed by atoms with Crippen LogP contribution >= 0.6 is 0 Å². The van der Waals surface area contributed by atoms with Crippen molar-refractivity contribution in [2.75, 3.05) is 0 Å². The molecule has 19 heavy (non-hydrogen) atoms. The van der Waals surface area contributed by atoms with Gasteiger partial charge < -0.3 is 0 Å². The summed E-state index contributed by atoms with van der Waals surface area (Å²) in [5, 5.41) is 2.39. The van der Waals surface area contributed by atoms with Gasteiger partial charge in [-0.1, -0.05) is 36.4 Å². The number of benzene rings is 2. The van der Waals surface area contributed by atoms with Crippen LogP contribution in [0.4, 0.5) is 4.39 Å². The Labute approximate surface area is 111 Å². The van der Waals surface area contributed by atoms with E-state index in [1.807, 2.05) is 31.2 Å². The minimum absolute atomic E-state index is 0.202. The molecular formula is C17H14FN. The fourth-order valence-electron chi connectivity index (χ4n) is 2.34. The van der Waals surface area contributed by atoms with Crippen LogP contribution in [-0.2, 0) is 6.42 Å². The minimum atomic E-state index is -0.202. The fourth-order valence-corrected chi connectivity index (χ4v) is 2.34. The number of hydrogen-bond donors (Lipinski definition) is 0. The number of rotatable bonds is 2. The molecule has 0 spiro atoms. The Kier molecular flexibility index (Phi) is 3.00. The van der Waals surface area contributed by atoms with Crippen molar-refractivity contribution < 1.29 is 4.39 Å². The molecular weight excluding hydrogens is 237 g/mol. The maximum absolute atomic E-state index is 12.9. The van der Waals surface area contributed by atoms with Crippen LogP contribution in [-0.4, -0.2) is 4.98 Å². The zero-order valence-electron chi connectivity index (χ0n) is 10.7. The van der Waals surface area contributed by atoms with E-state index in [0.29, 0.717) is 0 Å². The lowest BCUT2D eigenvalue weighted by Crippen LogP contribution is -1.95. The van der Waals surface area contributed by atoms with Gasteiger partial charge in [-0.05, 0) is 36.1 Å². The van der Waals surface area contributed by atoms with E-state index in [-0.39, 0.29) is 5.82 Å². The standard InChI is InChI=1S/C17H14FN/c1-12-17-5-3-2-4-14(17)11-16(19-12)10-13-6-8-15(18)9-7-13/h2-9,11H,10H2,1H3. The van der Waals surface area contributed by atoms with Crippen molar-refractivity contribution in [3.8, 4) is 0 Å². The fraction of sp³-hybridized carbons (Fsp3) is 0.118. The Bertz CT molecular complexity index is 717. The predicted molar refractivity (Wildman–Crippen MR) is 75.7 cm³/mol. The normalized spacial score (nSPS) is 10.8. The molecule has 0 atom stereocenters. The molecule has 1 aromatic heterocycles. The number of hydrogen-bond acceptors (Lipinski definition) is 1. The highest BCUT2D eigenvalue weighted by Crippen LogP contribution is 2.19.